The van der Waals surface area contributed by atoms with E-state index in [-0.39, 0.29) is 0 Å². The summed E-state index contributed by atoms with van der Waals surface area (Å²) in [7, 11) is 0. The van der Waals surface area contributed by atoms with Crippen molar-refractivity contribution < 1.29 is 23.4 Å². The SMILES string of the molecule is CC(C)C(O)(O)C(F)(F)F. The molecule has 0 aromatic heterocycles. The van der Waals surface area contributed by atoms with Gasteiger partial charge >= 0.3 is 6.18 Å². The molecule has 0 aromatic rings. The molecule has 0 aromatic carbocycles. The van der Waals surface area contributed by atoms with E-state index in [0.29, 0.717) is 0 Å². The Labute approximate surface area is 56.3 Å². The van der Waals surface area contributed by atoms with Crippen LogP contribution in [0.1, 0.15) is 13.8 Å². The maximum Gasteiger partial charge on any atom is 0.443 e. The molecular formula is C5H9F3O2. The molecule has 2 nitrogen and oxygen atoms in total. The van der Waals surface area contributed by atoms with Crippen LogP contribution in [0.25, 0.3) is 0 Å². The number of hydrogen-bond acceptors (Lipinski definition) is 2. The monoisotopic (exact) mass is 158 g/mol. The molecule has 0 aliphatic rings. The Morgan fingerprint density at radius 1 is 1.10 bits per heavy atom. The van der Waals surface area contributed by atoms with Gasteiger partial charge in [0.1, 0.15) is 0 Å². The summed E-state index contributed by atoms with van der Waals surface area (Å²) >= 11 is 0. The molecule has 0 atom stereocenters. The van der Waals surface area contributed by atoms with Crippen LogP contribution in [0.15, 0.2) is 0 Å². The lowest BCUT2D eigenvalue weighted by atomic mass is 10.0. The van der Waals surface area contributed by atoms with E-state index in [9.17, 15) is 13.2 Å². The molecule has 0 aliphatic carbocycles. The number of rotatable bonds is 1. The Bertz CT molecular complexity index is 117. The molecule has 2 N–H and O–H groups in total. The zero-order valence-corrected chi connectivity index (χ0v) is 5.61. The van der Waals surface area contributed by atoms with Crippen molar-refractivity contribution in [2.45, 2.75) is 25.8 Å². The van der Waals surface area contributed by atoms with Gasteiger partial charge in [-0.05, 0) is 0 Å². The topological polar surface area (TPSA) is 40.5 Å². The van der Waals surface area contributed by atoms with E-state index >= 15 is 0 Å². The molecule has 0 radical (unpaired) electrons. The van der Waals surface area contributed by atoms with Crippen LogP contribution in [0, 0.1) is 5.92 Å². The van der Waals surface area contributed by atoms with Crippen LogP contribution in [-0.2, 0) is 0 Å². The molecule has 0 saturated heterocycles. The van der Waals surface area contributed by atoms with Crippen LogP contribution in [0.4, 0.5) is 13.2 Å². The summed E-state index contributed by atoms with van der Waals surface area (Å²) in [6.07, 6.45) is -4.97. The third-order valence-corrected chi connectivity index (χ3v) is 1.22. The maximum atomic E-state index is 11.6. The van der Waals surface area contributed by atoms with Crippen LogP contribution in [-0.4, -0.2) is 22.2 Å². The van der Waals surface area contributed by atoms with Crippen molar-refractivity contribution >= 4 is 0 Å². The van der Waals surface area contributed by atoms with E-state index in [1.807, 2.05) is 0 Å². The maximum absolute atomic E-state index is 11.6. The molecule has 0 fully saturated rings. The third kappa shape index (κ3) is 1.60. The third-order valence-electron chi connectivity index (χ3n) is 1.22. The Kier molecular flexibility index (Phi) is 2.32. The fraction of sp³-hybridized carbons (Fsp3) is 1.00. The first-order chi connectivity index (χ1) is 4.19. The molecule has 0 amide bonds. The van der Waals surface area contributed by atoms with Gasteiger partial charge < -0.3 is 10.2 Å². The lowest BCUT2D eigenvalue weighted by Gasteiger charge is -2.27. The molecular weight excluding hydrogens is 149 g/mol. The van der Waals surface area contributed by atoms with Gasteiger partial charge in [0.05, 0.1) is 0 Å². The van der Waals surface area contributed by atoms with Crippen LogP contribution in [0.5, 0.6) is 0 Å². The van der Waals surface area contributed by atoms with Crippen LogP contribution in [0.2, 0.25) is 0 Å². The minimum Gasteiger partial charge on any atom is -0.358 e. The average molecular weight is 158 g/mol. The van der Waals surface area contributed by atoms with Crippen molar-refractivity contribution in [1.29, 1.82) is 0 Å². The van der Waals surface area contributed by atoms with E-state index in [4.69, 9.17) is 10.2 Å². The second kappa shape index (κ2) is 2.39. The lowest BCUT2D eigenvalue weighted by Crippen LogP contribution is -2.49. The normalized spacial score (nSPS) is 14.4. The zero-order valence-electron chi connectivity index (χ0n) is 5.61. The second-order valence-corrected chi connectivity index (χ2v) is 2.38. The summed E-state index contributed by atoms with van der Waals surface area (Å²) in [4.78, 5) is 0. The first-order valence-electron chi connectivity index (χ1n) is 2.71. The van der Waals surface area contributed by atoms with E-state index in [1.165, 1.54) is 0 Å². The predicted molar refractivity (Wildman–Crippen MR) is 28.1 cm³/mol. The molecule has 0 heterocycles. The highest BCUT2D eigenvalue weighted by Crippen LogP contribution is 2.33. The molecule has 62 valence electrons. The smallest absolute Gasteiger partial charge is 0.358 e. The van der Waals surface area contributed by atoms with Crippen molar-refractivity contribution in [3.63, 3.8) is 0 Å². The van der Waals surface area contributed by atoms with Crippen molar-refractivity contribution in [1.82, 2.24) is 0 Å². The largest absolute Gasteiger partial charge is 0.443 e. The quantitative estimate of drug-likeness (QED) is 0.556. The van der Waals surface area contributed by atoms with Crippen LogP contribution < -0.4 is 0 Å². The molecule has 0 saturated carbocycles. The van der Waals surface area contributed by atoms with Gasteiger partial charge in [-0.25, -0.2) is 0 Å². The Morgan fingerprint density at radius 3 is 1.40 bits per heavy atom. The van der Waals surface area contributed by atoms with E-state index in [1.54, 1.807) is 0 Å². The van der Waals surface area contributed by atoms with Crippen LogP contribution in [0.3, 0.4) is 0 Å². The highest BCUT2D eigenvalue weighted by atomic mass is 19.4. The zero-order chi connectivity index (χ0) is 8.58. The number of alkyl halides is 3. The van der Waals surface area contributed by atoms with Crippen molar-refractivity contribution in [2.24, 2.45) is 5.92 Å². The highest BCUT2D eigenvalue weighted by Gasteiger charge is 2.54. The Balaban J connectivity index is 4.40. The molecule has 0 bridgehead atoms. The highest BCUT2D eigenvalue weighted by molar-refractivity contribution is 4.76. The lowest BCUT2D eigenvalue weighted by molar-refractivity contribution is -0.365. The summed E-state index contributed by atoms with van der Waals surface area (Å²) in [5.41, 5.74) is 0. The number of hydrogen-bond donors (Lipinski definition) is 2. The van der Waals surface area contributed by atoms with Crippen molar-refractivity contribution in [3.8, 4) is 0 Å². The van der Waals surface area contributed by atoms with Gasteiger partial charge in [-0.15, -0.1) is 0 Å². The Hall–Kier alpha value is -0.290. The van der Waals surface area contributed by atoms with Gasteiger partial charge in [0.25, 0.3) is 5.79 Å². The fourth-order valence-corrected chi connectivity index (χ4v) is 0.327. The molecule has 0 spiro atoms. The summed E-state index contributed by atoms with van der Waals surface area (Å²) in [5.74, 6) is -4.82. The summed E-state index contributed by atoms with van der Waals surface area (Å²) in [6.45, 7) is 2.15. The average Bonchev–Trinajstić information content (AvgIpc) is 1.62. The fourth-order valence-electron chi connectivity index (χ4n) is 0.327. The second-order valence-electron chi connectivity index (χ2n) is 2.38. The summed E-state index contributed by atoms with van der Waals surface area (Å²) in [5, 5.41) is 16.7. The first-order valence-corrected chi connectivity index (χ1v) is 2.71. The first kappa shape index (κ1) is 9.71. The Morgan fingerprint density at radius 2 is 1.40 bits per heavy atom. The minimum absolute atomic E-state index is 1.08. The van der Waals surface area contributed by atoms with Gasteiger partial charge in [-0.1, -0.05) is 13.8 Å². The molecule has 0 unspecified atom stereocenters. The van der Waals surface area contributed by atoms with E-state index in [2.05, 4.69) is 0 Å². The molecule has 10 heavy (non-hydrogen) atoms. The molecule has 0 rings (SSSR count). The van der Waals surface area contributed by atoms with Gasteiger partial charge in [0.15, 0.2) is 0 Å². The number of halogens is 3. The van der Waals surface area contributed by atoms with Gasteiger partial charge in [-0.2, -0.15) is 13.2 Å². The molecule has 5 heteroatoms. The predicted octanol–water partition coefficient (Wildman–Crippen LogP) is 0.886. The van der Waals surface area contributed by atoms with Gasteiger partial charge in [0, 0.05) is 5.92 Å². The van der Waals surface area contributed by atoms with Crippen molar-refractivity contribution in [2.75, 3.05) is 0 Å². The van der Waals surface area contributed by atoms with Crippen molar-refractivity contribution in [3.05, 3.63) is 0 Å². The standard InChI is InChI=1S/C5H9F3O2/c1-3(2)4(9,10)5(6,7)8/h3,9-10H,1-2H3. The van der Waals surface area contributed by atoms with Gasteiger partial charge in [-0.3, -0.25) is 0 Å². The summed E-state index contributed by atoms with van der Waals surface area (Å²) < 4.78 is 34.8. The van der Waals surface area contributed by atoms with E-state index in [0.717, 1.165) is 13.8 Å². The summed E-state index contributed by atoms with van der Waals surface area (Å²) in [6, 6.07) is 0. The van der Waals surface area contributed by atoms with E-state index < -0.39 is 17.9 Å². The minimum atomic E-state index is -4.97. The van der Waals surface area contributed by atoms with Gasteiger partial charge in [0.2, 0.25) is 0 Å². The van der Waals surface area contributed by atoms with Crippen LogP contribution >= 0.6 is 0 Å². The molecule has 0 aliphatic heterocycles. The number of aliphatic hydroxyl groups is 2.